The average Bonchev–Trinajstić information content (AvgIpc) is 2.67. The first-order chi connectivity index (χ1) is 9.65. The second-order valence-electron chi connectivity index (χ2n) is 5.04. The van der Waals surface area contributed by atoms with Gasteiger partial charge >= 0.3 is 0 Å². The third-order valence-electron chi connectivity index (χ3n) is 3.63. The van der Waals surface area contributed by atoms with E-state index in [1.807, 2.05) is 18.2 Å². The Morgan fingerprint density at radius 1 is 1.10 bits per heavy atom. The summed E-state index contributed by atoms with van der Waals surface area (Å²) in [4.78, 5) is 9.20. The molecule has 1 aromatic carbocycles. The Labute approximate surface area is 131 Å². The first-order valence-electron chi connectivity index (χ1n) is 6.76. The lowest BCUT2D eigenvalue weighted by Crippen LogP contribution is -2.06. The lowest BCUT2D eigenvalue weighted by molar-refractivity contribution is 0.709. The molecule has 3 rings (SSSR count). The van der Waals surface area contributed by atoms with Gasteiger partial charge in [-0.3, -0.25) is 0 Å². The fraction of sp³-hybridized carbons (Fsp3) is 0.333. The number of aromatic nitrogens is 2. The number of hydrogen-bond donors (Lipinski definition) is 1. The largest absolute Gasteiger partial charge is 0.383 e. The molecule has 1 heterocycles. The zero-order valence-corrected chi connectivity index (χ0v) is 13.3. The van der Waals surface area contributed by atoms with Gasteiger partial charge in [-0.2, -0.15) is 0 Å². The van der Waals surface area contributed by atoms with Crippen LogP contribution < -0.4 is 5.73 Å². The molecule has 0 atom stereocenters. The second kappa shape index (κ2) is 5.70. The average molecular weight is 353 g/mol. The molecule has 0 spiro atoms. The molecule has 1 aliphatic carbocycles. The van der Waals surface area contributed by atoms with Gasteiger partial charge in [0.2, 0.25) is 0 Å². The molecule has 1 aliphatic rings. The van der Waals surface area contributed by atoms with Gasteiger partial charge in [0.25, 0.3) is 0 Å². The number of fused-ring (bicyclic) bond motifs is 1. The summed E-state index contributed by atoms with van der Waals surface area (Å²) in [5.74, 6) is 1.26. The summed E-state index contributed by atoms with van der Waals surface area (Å²) in [5.41, 5.74) is 9.25. The van der Waals surface area contributed by atoms with E-state index in [-0.39, 0.29) is 0 Å². The molecule has 0 amide bonds. The molecule has 1 aromatic heterocycles. The van der Waals surface area contributed by atoms with Crippen molar-refractivity contribution in [2.75, 3.05) is 5.73 Å². The molecular formula is C15H15BrClN3. The van der Waals surface area contributed by atoms with Crippen molar-refractivity contribution in [3.63, 3.8) is 0 Å². The number of hydrogen-bond acceptors (Lipinski definition) is 3. The van der Waals surface area contributed by atoms with Crippen molar-refractivity contribution in [3.05, 3.63) is 39.0 Å². The maximum atomic E-state index is 6.14. The Bertz CT molecular complexity index is 658. The van der Waals surface area contributed by atoms with E-state index in [1.165, 1.54) is 19.3 Å². The van der Waals surface area contributed by atoms with Crippen LogP contribution in [0, 0.1) is 0 Å². The zero-order chi connectivity index (χ0) is 14.1. The molecule has 20 heavy (non-hydrogen) atoms. The summed E-state index contributed by atoms with van der Waals surface area (Å²) in [6, 6.07) is 5.61. The Hall–Kier alpha value is -1.13. The first-order valence-corrected chi connectivity index (χ1v) is 7.93. The normalized spacial score (nSPS) is 14.7. The van der Waals surface area contributed by atoms with Gasteiger partial charge in [0, 0.05) is 26.3 Å². The minimum absolute atomic E-state index is 0.610. The van der Waals surface area contributed by atoms with Crippen LogP contribution in [0.25, 0.3) is 11.4 Å². The summed E-state index contributed by atoms with van der Waals surface area (Å²) < 4.78 is 0.926. The Morgan fingerprint density at radius 2 is 1.90 bits per heavy atom. The fourth-order valence-electron chi connectivity index (χ4n) is 2.59. The van der Waals surface area contributed by atoms with Crippen molar-refractivity contribution in [2.45, 2.75) is 32.1 Å². The molecule has 5 heteroatoms. The smallest absolute Gasteiger partial charge is 0.162 e. The van der Waals surface area contributed by atoms with Crippen LogP contribution in [0.4, 0.5) is 5.82 Å². The molecule has 0 fully saturated rings. The maximum absolute atomic E-state index is 6.14. The standard InChI is InChI=1S/C15H15BrClN3/c16-12-7-6-9(17)8-11(12)15-19-13-5-3-1-2-4-10(13)14(18)20-15/h6-8H,1-5H2,(H2,18,19,20). The first kappa shape index (κ1) is 13.8. The molecule has 0 radical (unpaired) electrons. The molecule has 3 nitrogen and oxygen atoms in total. The van der Waals surface area contributed by atoms with Gasteiger partial charge in [-0.1, -0.05) is 34.0 Å². The summed E-state index contributed by atoms with van der Waals surface area (Å²) >= 11 is 9.59. The van der Waals surface area contributed by atoms with Crippen LogP contribution in [-0.4, -0.2) is 9.97 Å². The summed E-state index contributed by atoms with van der Waals surface area (Å²) in [5, 5.41) is 0.667. The zero-order valence-electron chi connectivity index (χ0n) is 11.0. The number of aryl methyl sites for hydroxylation is 1. The minimum Gasteiger partial charge on any atom is -0.383 e. The fourth-order valence-corrected chi connectivity index (χ4v) is 3.19. The van der Waals surface area contributed by atoms with Crippen LogP contribution in [0.5, 0.6) is 0 Å². The van der Waals surface area contributed by atoms with Crippen LogP contribution in [0.2, 0.25) is 5.02 Å². The van der Waals surface area contributed by atoms with E-state index in [4.69, 9.17) is 22.3 Å². The van der Waals surface area contributed by atoms with Crippen molar-refractivity contribution < 1.29 is 0 Å². The molecule has 0 saturated carbocycles. The number of nitrogen functional groups attached to an aromatic ring is 1. The van der Waals surface area contributed by atoms with E-state index >= 15 is 0 Å². The van der Waals surface area contributed by atoms with Gasteiger partial charge < -0.3 is 5.73 Å². The summed E-state index contributed by atoms with van der Waals surface area (Å²) in [7, 11) is 0. The Kier molecular flexibility index (Phi) is 3.94. The van der Waals surface area contributed by atoms with Crippen molar-refractivity contribution >= 4 is 33.3 Å². The van der Waals surface area contributed by atoms with Gasteiger partial charge in [-0.05, 0) is 43.9 Å². The monoisotopic (exact) mass is 351 g/mol. The molecule has 0 saturated heterocycles. The number of rotatable bonds is 1. The van der Waals surface area contributed by atoms with E-state index in [1.54, 1.807) is 0 Å². The lowest BCUT2D eigenvalue weighted by atomic mass is 10.1. The molecule has 0 aliphatic heterocycles. The van der Waals surface area contributed by atoms with Crippen LogP contribution in [-0.2, 0) is 12.8 Å². The van der Waals surface area contributed by atoms with E-state index < -0.39 is 0 Å². The van der Waals surface area contributed by atoms with Crippen LogP contribution in [0.3, 0.4) is 0 Å². The highest BCUT2D eigenvalue weighted by molar-refractivity contribution is 9.10. The quantitative estimate of drug-likeness (QED) is 0.773. The number of anilines is 1. The van der Waals surface area contributed by atoms with Crippen molar-refractivity contribution in [1.82, 2.24) is 9.97 Å². The number of nitrogens with two attached hydrogens (primary N) is 1. The van der Waals surface area contributed by atoms with Gasteiger partial charge in [0.15, 0.2) is 5.82 Å². The predicted octanol–water partition coefficient (Wildman–Crippen LogP) is 4.41. The second-order valence-corrected chi connectivity index (χ2v) is 6.33. The molecule has 2 aromatic rings. The SMILES string of the molecule is Nc1nc(-c2cc(Cl)ccc2Br)nc2c1CCCCC2. The molecular weight excluding hydrogens is 338 g/mol. The van der Waals surface area contributed by atoms with Crippen molar-refractivity contribution in [2.24, 2.45) is 0 Å². The van der Waals surface area contributed by atoms with E-state index in [0.29, 0.717) is 16.7 Å². The number of nitrogens with zero attached hydrogens (tertiary/aromatic N) is 2. The van der Waals surface area contributed by atoms with Crippen LogP contribution in [0.1, 0.15) is 30.5 Å². The number of halogens is 2. The third kappa shape index (κ3) is 2.67. The molecule has 0 bridgehead atoms. The maximum Gasteiger partial charge on any atom is 0.162 e. The van der Waals surface area contributed by atoms with Gasteiger partial charge in [0.05, 0.1) is 0 Å². The highest BCUT2D eigenvalue weighted by Gasteiger charge is 2.17. The van der Waals surface area contributed by atoms with E-state index in [2.05, 4.69) is 20.9 Å². The highest BCUT2D eigenvalue weighted by atomic mass is 79.9. The third-order valence-corrected chi connectivity index (χ3v) is 4.56. The molecule has 104 valence electrons. The van der Waals surface area contributed by atoms with Gasteiger partial charge in [-0.25, -0.2) is 9.97 Å². The van der Waals surface area contributed by atoms with Gasteiger partial charge in [0.1, 0.15) is 5.82 Å². The van der Waals surface area contributed by atoms with Crippen molar-refractivity contribution in [3.8, 4) is 11.4 Å². The topological polar surface area (TPSA) is 51.8 Å². The van der Waals surface area contributed by atoms with Gasteiger partial charge in [-0.15, -0.1) is 0 Å². The molecule has 2 N–H and O–H groups in total. The lowest BCUT2D eigenvalue weighted by Gasteiger charge is -2.11. The van der Waals surface area contributed by atoms with Crippen molar-refractivity contribution in [1.29, 1.82) is 0 Å². The molecule has 0 unspecified atom stereocenters. The predicted molar refractivity (Wildman–Crippen MR) is 85.8 cm³/mol. The summed E-state index contributed by atoms with van der Waals surface area (Å²) in [6.07, 6.45) is 5.53. The highest BCUT2D eigenvalue weighted by Crippen LogP contribution is 2.31. The summed E-state index contributed by atoms with van der Waals surface area (Å²) in [6.45, 7) is 0. The van der Waals surface area contributed by atoms with E-state index in [9.17, 15) is 0 Å². The minimum atomic E-state index is 0.610. The van der Waals surface area contributed by atoms with Crippen LogP contribution in [0.15, 0.2) is 22.7 Å². The van der Waals surface area contributed by atoms with E-state index in [0.717, 1.165) is 34.1 Å². The Morgan fingerprint density at radius 3 is 2.75 bits per heavy atom. The van der Waals surface area contributed by atoms with Crippen LogP contribution >= 0.6 is 27.5 Å². The Balaban J connectivity index is 2.13. The number of benzene rings is 1.